The average Bonchev–Trinajstić information content (AvgIpc) is 2.55. The molecule has 2 rings (SSSR count). The van der Waals surface area contributed by atoms with E-state index in [-0.39, 0.29) is 24.9 Å². The zero-order valence-corrected chi connectivity index (χ0v) is 15.5. The van der Waals surface area contributed by atoms with Gasteiger partial charge in [0, 0.05) is 45.2 Å². The highest BCUT2D eigenvalue weighted by molar-refractivity contribution is 7.88. The van der Waals surface area contributed by atoms with E-state index in [0.717, 1.165) is 25.9 Å². The van der Waals surface area contributed by atoms with Crippen LogP contribution in [-0.2, 0) is 19.6 Å². The van der Waals surface area contributed by atoms with Gasteiger partial charge in [0.2, 0.25) is 15.9 Å². The van der Waals surface area contributed by atoms with Crippen molar-refractivity contribution in [2.75, 3.05) is 52.2 Å². The number of morpholine rings is 1. The third-order valence-corrected chi connectivity index (χ3v) is 6.10. The molecule has 2 fully saturated rings. The van der Waals surface area contributed by atoms with Crippen molar-refractivity contribution in [3.05, 3.63) is 0 Å². The van der Waals surface area contributed by atoms with Crippen LogP contribution in [0, 0.1) is 0 Å². The number of nitrogens with zero attached hydrogens (tertiary/aromatic N) is 2. The Morgan fingerprint density at radius 3 is 2.46 bits per heavy atom. The summed E-state index contributed by atoms with van der Waals surface area (Å²) in [6, 6.07) is 0.270. The van der Waals surface area contributed by atoms with Gasteiger partial charge < -0.3 is 10.1 Å². The van der Waals surface area contributed by atoms with Gasteiger partial charge in [-0.05, 0) is 12.8 Å². The second kappa shape index (κ2) is 9.70. The van der Waals surface area contributed by atoms with Crippen molar-refractivity contribution in [3.63, 3.8) is 0 Å². The molecule has 24 heavy (non-hydrogen) atoms. The Hall–Kier alpha value is -0.700. The van der Waals surface area contributed by atoms with Crippen molar-refractivity contribution in [2.45, 2.75) is 44.6 Å². The minimum absolute atomic E-state index is 0.0399. The molecule has 1 heterocycles. The highest BCUT2D eigenvalue weighted by Gasteiger charge is 2.21. The molecule has 1 saturated carbocycles. The summed E-state index contributed by atoms with van der Waals surface area (Å²) in [5.74, 6) is -0.0399. The van der Waals surface area contributed by atoms with Gasteiger partial charge in [-0.1, -0.05) is 19.3 Å². The summed E-state index contributed by atoms with van der Waals surface area (Å²) >= 11 is 0. The quantitative estimate of drug-likeness (QED) is 0.678. The topological polar surface area (TPSA) is 79.0 Å². The monoisotopic (exact) mass is 361 g/mol. The molecule has 0 atom stereocenters. The maximum absolute atomic E-state index is 12.1. The SMILES string of the molecule is CS(=O)(=O)N(CCC(=O)NC1CCCCC1)CCN1CCOCC1. The molecule has 1 aliphatic carbocycles. The molecule has 0 aromatic carbocycles. The normalized spacial score (nSPS) is 21.1. The molecule has 0 bridgehead atoms. The van der Waals surface area contributed by atoms with Gasteiger partial charge in [-0.25, -0.2) is 12.7 Å². The van der Waals surface area contributed by atoms with Crippen molar-refractivity contribution in [2.24, 2.45) is 0 Å². The number of sulfonamides is 1. The number of rotatable bonds is 8. The first kappa shape index (κ1) is 19.6. The van der Waals surface area contributed by atoms with Crippen molar-refractivity contribution < 1.29 is 17.9 Å². The lowest BCUT2D eigenvalue weighted by atomic mass is 9.95. The van der Waals surface area contributed by atoms with Crippen LogP contribution in [0.1, 0.15) is 38.5 Å². The van der Waals surface area contributed by atoms with Gasteiger partial charge in [0.05, 0.1) is 19.5 Å². The standard InChI is InChI=1S/C16H31N3O4S/c1-24(21,22)19(10-9-18-11-13-23-14-12-18)8-7-16(20)17-15-5-3-2-4-6-15/h15H,2-14H2,1H3,(H,17,20). The van der Waals surface area contributed by atoms with Gasteiger partial charge in [0.15, 0.2) is 0 Å². The summed E-state index contributed by atoms with van der Waals surface area (Å²) in [4.78, 5) is 14.3. The second-order valence-corrected chi connectivity index (χ2v) is 8.75. The number of ether oxygens (including phenoxy) is 1. The molecule has 0 radical (unpaired) electrons. The molecule has 0 spiro atoms. The van der Waals surface area contributed by atoms with Crippen molar-refractivity contribution >= 4 is 15.9 Å². The number of hydrogen-bond acceptors (Lipinski definition) is 5. The fourth-order valence-electron chi connectivity index (χ4n) is 3.29. The predicted octanol–water partition coefficient (Wildman–Crippen LogP) is 0.419. The molecule has 7 nitrogen and oxygen atoms in total. The van der Waals surface area contributed by atoms with Crippen LogP contribution in [0.2, 0.25) is 0 Å². The number of amides is 1. The first-order chi connectivity index (χ1) is 11.4. The maximum atomic E-state index is 12.1. The highest BCUT2D eigenvalue weighted by Crippen LogP contribution is 2.17. The van der Waals surface area contributed by atoms with Crippen LogP contribution >= 0.6 is 0 Å². The molecular weight excluding hydrogens is 330 g/mol. The predicted molar refractivity (Wildman–Crippen MR) is 93.3 cm³/mol. The van der Waals surface area contributed by atoms with Gasteiger partial charge in [0.1, 0.15) is 0 Å². The summed E-state index contributed by atoms with van der Waals surface area (Å²) in [7, 11) is -3.30. The Kier molecular flexibility index (Phi) is 7.93. The fraction of sp³-hybridized carbons (Fsp3) is 0.938. The van der Waals surface area contributed by atoms with Gasteiger partial charge >= 0.3 is 0 Å². The molecule has 0 unspecified atom stereocenters. The zero-order valence-electron chi connectivity index (χ0n) is 14.7. The summed E-state index contributed by atoms with van der Waals surface area (Å²) in [6.45, 7) is 4.42. The van der Waals surface area contributed by atoms with E-state index in [9.17, 15) is 13.2 Å². The lowest BCUT2D eigenvalue weighted by Crippen LogP contribution is -2.44. The Morgan fingerprint density at radius 1 is 1.17 bits per heavy atom. The third kappa shape index (κ3) is 7.04. The first-order valence-electron chi connectivity index (χ1n) is 9.00. The van der Waals surface area contributed by atoms with E-state index in [0.29, 0.717) is 26.3 Å². The van der Waals surface area contributed by atoms with E-state index in [1.165, 1.54) is 29.8 Å². The van der Waals surface area contributed by atoms with Crippen LogP contribution in [0.15, 0.2) is 0 Å². The smallest absolute Gasteiger partial charge is 0.221 e. The Morgan fingerprint density at radius 2 is 1.83 bits per heavy atom. The lowest BCUT2D eigenvalue weighted by Gasteiger charge is -2.29. The fourth-order valence-corrected chi connectivity index (χ4v) is 4.13. The van der Waals surface area contributed by atoms with Crippen LogP contribution in [0.4, 0.5) is 0 Å². The summed E-state index contributed by atoms with van der Waals surface area (Å²) in [5.41, 5.74) is 0. The van der Waals surface area contributed by atoms with Crippen molar-refractivity contribution in [1.29, 1.82) is 0 Å². The molecule has 1 saturated heterocycles. The van der Waals surface area contributed by atoms with Crippen molar-refractivity contribution in [3.8, 4) is 0 Å². The van der Waals surface area contributed by atoms with Gasteiger partial charge in [-0.3, -0.25) is 9.69 Å². The van der Waals surface area contributed by atoms with E-state index in [2.05, 4.69) is 10.2 Å². The first-order valence-corrected chi connectivity index (χ1v) is 10.8. The van der Waals surface area contributed by atoms with E-state index >= 15 is 0 Å². The van der Waals surface area contributed by atoms with Gasteiger partial charge in [0.25, 0.3) is 0 Å². The van der Waals surface area contributed by atoms with Gasteiger partial charge in [-0.15, -0.1) is 0 Å². The summed E-state index contributed by atoms with van der Waals surface area (Å²) in [6.07, 6.45) is 7.10. The molecule has 0 aromatic rings. The number of carbonyl (C=O) groups is 1. The molecule has 1 aliphatic heterocycles. The summed E-state index contributed by atoms with van der Waals surface area (Å²) in [5, 5.41) is 3.04. The van der Waals surface area contributed by atoms with Crippen LogP contribution in [-0.4, -0.2) is 81.8 Å². The maximum Gasteiger partial charge on any atom is 0.221 e. The molecule has 1 amide bonds. The Balaban J connectivity index is 1.74. The second-order valence-electron chi connectivity index (χ2n) is 6.77. The van der Waals surface area contributed by atoms with Crippen LogP contribution in [0.25, 0.3) is 0 Å². The molecule has 2 aliphatic rings. The lowest BCUT2D eigenvalue weighted by molar-refractivity contribution is -0.122. The molecule has 8 heteroatoms. The van der Waals surface area contributed by atoms with Crippen LogP contribution < -0.4 is 5.32 Å². The number of carbonyl (C=O) groups excluding carboxylic acids is 1. The Labute approximate surface area is 145 Å². The molecule has 140 valence electrons. The zero-order chi connectivity index (χ0) is 17.4. The molecule has 1 N–H and O–H groups in total. The minimum Gasteiger partial charge on any atom is -0.379 e. The Bertz CT molecular complexity index is 486. The average molecular weight is 362 g/mol. The molecule has 0 aromatic heterocycles. The van der Waals surface area contributed by atoms with E-state index < -0.39 is 10.0 Å². The van der Waals surface area contributed by atoms with Crippen molar-refractivity contribution in [1.82, 2.24) is 14.5 Å². The van der Waals surface area contributed by atoms with Crippen LogP contribution in [0.3, 0.4) is 0 Å². The van der Waals surface area contributed by atoms with Gasteiger partial charge in [-0.2, -0.15) is 0 Å². The summed E-state index contributed by atoms with van der Waals surface area (Å²) < 4.78 is 30.6. The number of hydrogen-bond donors (Lipinski definition) is 1. The van der Waals surface area contributed by atoms with E-state index in [1.54, 1.807) is 0 Å². The number of nitrogens with one attached hydrogen (secondary N) is 1. The largest absolute Gasteiger partial charge is 0.379 e. The highest BCUT2D eigenvalue weighted by atomic mass is 32.2. The third-order valence-electron chi connectivity index (χ3n) is 4.80. The minimum atomic E-state index is -3.30. The van der Waals surface area contributed by atoms with Crippen LogP contribution in [0.5, 0.6) is 0 Å². The van der Waals surface area contributed by atoms with E-state index in [4.69, 9.17) is 4.74 Å². The molecular formula is C16H31N3O4S. The van der Waals surface area contributed by atoms with E-state index in [1.807, 2.05) is 0 Å².